The average Bonchev–Trinajstić information content (AvgIpc) is 3.18. The van der Waals surface area contributed by atoms with Crippen LogP contribution in [-0.2, 0) is 0 Å². The Balaban J connectivity index is 1.75. The van der Waals surface area contributed by atoms with Gasteiger partial charge in [-0.1, -0.05) is 41.9 Å². The van der Waals surface area contributed by atoms with Crippen molar-refractivity contribution in [1.82, 2.24) is 14.8 Å². The minimum Gasteiger partial charge on any atom is -0.319 e. The molecule has 0 bridgehead atoms. The first kappa shape index (κ1) is 18.9. The van der Waals surface area contributed by atoms with Crippen molar-refractivity contribution < 1.29 is 4.79 Å². The lowest BCUT2D eigenvalue weighted by molar-refractivity contribution is 0.101. The fourth-order valence-electron chi connectivity index (χ4n) is 3.01. The van der Waals surface area contributed by atoms with Crippen molar-refractivity contribution in [2.75, 3.05) is 5.32 Å². The van der Waals surface area contributed by atoms with Crippen LogP contribution in [0.4, 0.5) is 5.69 Å². The minimum atomic E-state index is -0.358. The number of para-hydroxylation sites is 1. The van der Waals surface area contributed by atoms with Gasteiger partial charge in [-0.25, -0.2) is 9.67 Å². The molecule has 0 atom stereocenters. The number of benzene rings is 3. The van der Waals surface area contributed by atoms with Gasteiger partial charge in [0, 0.05) is 16.3 Å². The maximum absolute atomic E-state index is 12.9. The highest BCUT2D eigenvalue weighted by molar-refractivity contribution is 6.30. The first-order chi connectivity index (χ1) is 14.0. The van der Waals surface area contributed by atoms with E-state index in [9.17, 15) is 4.79 Å². The molecule has 144 valence electrons. The Hall–Kier alpha value is -3.44. The van der Waals surface area contributed by atoms with Gasteiger partial charge in [0.2, 0.25) is 5.82 Å². The third-order valence-corrected chi connectivity index (χ3v) is 5.02. The summed E-state index contributed by atoms with van der Waals surface area (Å²) >= 11 is 6.02. The van der Waals surface area contributed by atoms with E-state index >= 15 is 0 Å². The number of rotatable bonds is 4. The Morgan fingerprint density at radius 2 is 1.66 bits per heavy atom. The van der Waals surface area contributed by atoms with Crippen LogP contribution in [0.3, 0.4) is 0 Å². The molecule has 0 aliphatic carbocycles. The summed E-state index contributed by atoms with van der Waals surface area (Å²) in [6, 6.07) is 22.7. The zero-order chi connectivity index (χ0) is 20.4. The van der Waals surface area contributed by atoms with Gasteiger partial charge in [-0.3, -0.25) is 4.79 Å². The number of amides is 1. The predicted molar refractivity (Wildman–Crippen MR) is 116 cm³/mol. The summed E-state index contributed by atoms with van der Waals surface area (Å²) in [5, 5.41) is 8.04. The monoisotopic (exact) mass is 402 g/mol. The summed E-state index contributed by atoms with van der Waals surface area (Å²) < 4.78 is 1.67. The summed E-state index contributed by atoms with van der Waals surface area (Å²) in [5.41, 5.74) is 4.50. The van der Waals surface area contributed by atoms with Crippen molar-refractivity contribution in [3.8, 4) is 17.1 Å². The number of aromatic nitrogens is 3. The van der Waals surface area contributed by atoms with Crippen LogP contribution >= 0.6 is 11.6 Å². The second-order valence-corrected chi connectivity index (χ2v) is 7.15. The van der Waals surface area contributed by atoms with Crippen LogP contribution in [0.1, 0.15) is 21.7 Å². The van der Waals surface area contributed by atoms with Crippen LogP contribution in [0, 0.1) is 13.8 Å². The van der Waals surface area contributed by atoms with Crippen molar-refractivity contribution in [2.45, 2.75) is 13.8 Å². The fourth-order valence-corrected chi connectivity index (χ4v) is 3.13. The number of anilines is 1. The molecule has 29 heavy (non-hydrogen) atoms. The van der Waals surface area contributed by atoms with Gasteiger partial charge in [0.05, 0.1) is 5.69 Å². The number of nitrogens with zero attached hydrogens (tertiary/aromatic N) is 3. The van der Waals surface area contributed by atoms with Gasteiger partial charge in [0.15, 0.2) is 5.82 Å². The summed E-state index contributed by atoms with van der Waals surface area (Å²) in [5.74, 6) is 0.308. The van der Waals surface area contributed by atoms with Crippen molar-refractivity contribution in [3.05, 3.63) is 94.8 Å². The predicted octanol–water partition coefficient (Wildman–Crippen LogP) is 5.46. The number of hydrogen-bond acceptors (Lipinski definition) is 3. The fraction of sp³-hybridized carbons (Fsp3) is 0.0870. The number of nitrogens with one attached hydrogen (secondary N) is 1. The summed E-state index contributed by atoms with van der Waals surface area (Å²) in [6.45, 7) is 3.98. The van der Waals surface area contributed by atoms with Crippen molar-refractivity contribution in [1.29, 1.82) is 0 Å². The molecule has 1 heterocycles. The molecule has 0 unspecified atom stereocenters. The Morgan fingerprint density at radius 3 is 2.38 bits per heavy atom. The van der Waals surface area contributed by atoms with Crippen molar-refractivity contribution >= 4 is 23.2 Å². The molecule has 0 aliphatic rings. The lowest BCUT2D eigenvalue weighted by Gasteiger charge is -2.08. The second-order valence-electron chi connectivity index (χ2n) is 6.71. The van der Waals surface area contributed by atoms with E-state index in [1.165, 1.54) is 0 Å². The van der Waals surface area contributed by atoms with E-state index in [0.29, 0.717) is 10.8 Å². The Kier molecular flexibility index (Phi) is 5.14. The van der Waals surface area contributed by atoms with Gasteiger partial charge in [-0.05, 0) is 67.4 Å². The molecule has 5 nitrogen and oxygen atoms in total. The average molecular weight is 403 g/mol. The topological polar surface area (TPSA) is 59.8 Å². The number of halogens is 1. The van der Waals surface area contributed by atoms with Crippen molar-refractivity contribution in [2.24, 2.45) is 0 Å². The lowest BCUT2D eigenvalue weighted by Crippen LogP contribution is -2.15. The largest absolute Gasteiger partial charge is 0.319 e. The lowest BCUT2D eigenvalue weighted by atomic mass is 10.1. The van der Waals surface area contributed by atoms with Gasteiger partial charge < -0.3 is 5.32 Å². The molecular weight excluding hydrogens is 384 g/mol. The minimum absolute atomic E-state index is 0.0970. The molecule has 3 aromatic carbocycles. The van der Waals surface area contributed by atoms with E-state index in [-0.39, 0.29) is 11.7 Å². The third kappa shape index (κ3) is 3.91. The van der Waals surface area contributed by atoms with Crippen LogP contribution in [0.15, 0.2) is 72.8 Å². The SMILES string of the molecule is Cc1cccc(NC(=O)c2nc(-c3ccc(Cl)cc3)n(-c3ccccc3)n2)c1C. The standard InChI is InChI=1S/C23H19ClN4O/c1-15-7-6-10-20(16(15)2)25-23(29)21-26-22(17-11-13-18(24)14-12-17)28(27-21)19-8-4-3-5-9-19/h3-14H,1-2H3,(H,25,29). The maximum atomic E-state index is 12.9. The summed E-state index contributed by atoms with van der Waals surface area (Å²) in [7, 11) is 0. The van der Waals surface area contributed by atoms with E-state index in [4.69, 9.17) is 11.6 Å². The zero-order valence-electron chi connectivity index (χ0n) is 16.1. The van der Waals surface area contributed by atoms with Crippen LogP contribution in [0.5, 0.6) is 0 Å². The number of hydrogen-bond donors (Lipinski definition) is 1. The van der Waals surface area contributed by atoms with Gasteiger partial charge in [-0.15, -0.1) is 5.10 Å². The Morgan fingerprint density at radius 1 is 0.931 bits per heavy atom. The Labute approximate surface area is 174 Å². The van der Waals surface area contributed by atoms with E-state index in [0.717, 1.165) is 28.1 Å². The normalized spacial score (nSPS) is 10.7. The van der Waals surface area contributed by atoms with Crippen LogP contribution in [0.25, 0.3) is 17.1 Å². The second kappa shape index (κ2) is 7.89. The van der Waals surface area contributed by atoms with Gasteiger partial charge >= 0.3 is 0 Å². The summed E-state index contributed by atoms with van der Waals surface area (Å²) in [6.07, 6.45) is 0. The van der Waals surface area contributed by atoms with Crippen LogP contribution < -0.4 is 5.32 Å². The van der Waals surface area contributed by atoms with Crippen LogP contribution in [0.2, 0.25) is 5.02 Å². The number of carbonyl (C=O) groups excluding carboxylic acids is 1. The molecule has 1 N–H and O–H groups in total. The van der Waals surface area contributed by atoms with E-state index in [1.54, 1.807) is 16.8 Å². The number of carbonyl (C=O) groups is 1. The quantitative estimate of drug-likeness (QED) is 0.493. The molecule has 0 aliphatic heterocycles. The molecule has 0 saturated heterocycles. The zero-order valence-corrected chi connectivity index (χ0v) is 16.8. The van der Waals surface area contributed by atoms with Gasteiger partial charge in [-0.2, -0.15) is 0 Å². The maximum Gasteiger partial charge on any atom is 0.295 e. The van der Waals surface area contributed by atoms with E-state index in [2.05, 4.69) is 15.4 Å². The first-order valence-electron chi connectivity index (χ1n) is 9.19. The highest BCUT2D eigenvalue weighted by Crippen LogP contribution is 2.24. The highest BCUT2D eigenvalue weighted by atomic mass is 35.5. The van der Waals surface area contributed by atoms with Gasteiger partial charge in [0.25, 0.3) is 5.91 Å². The smallest absolute Gasteiger partial charge is 0.295 e. The van der Waals surface area contributed by atoms with E-state index in [1.807, 2.05) is 74.5 Å². The molecule has 6 heteroatoms. The molecule has 0 fully saturated rings. The molecule has 0 spiro atoms. The Bertz CT molecular complexity index is 1170. The third-order valence-electron chi connectivity index (χ3n) is 4.77. The molecule has 1 amide bonds. The molecule has 0 radical (unpaired) electrons. The van der Waals surface area contributed by atoms with Crippen LogP contribution in [-0.4, -0.2) is 20.7 Å². The molecule has 0 saturated carbocycles. The summed E-state index contributed by atoms with van der Waals surface area (Å²) in [4.78, 5) is 17.4. The molecule has 4 aromatic rings. The first-order valence-corrected chi connectivity index (χ1v) is 9.57. The number of aryl methyl sites for hydroxylation is 1. The van der Waals surface area contributed by atoms with Crippen molar-refractivity contribution in [3.63, 3.8) is 0 Å². The molecule has 4 rings (SSSR count). The highest BCUT2D eigenvalue weighted by Gasteiger charge is 2.19. The molecule has 1 aromatic heterocycles. The van der Waals surface area contributed by atoms with E-state index < -0.39 is 0 Å². The van der Waals surface area contributed by atoms with Gasteiger partial charge in [0.1, 0.15) is 0 Å². The molecular formula is C23H19ClN4O.